The van der Waals surface area contributed by atoms with Crippen LogP contribution in [0.2, 0.25) is 0 Å². The summed E-state index contributed by atoms with van der Waals surface area (Å²) in [5.74, 6) is 0.947. The van der Waals surface area contributed by atoms with Gasteiger partial charge in [-0.3, -0.25) is 14.3 Å². The van der Waals surface area contributed by atoms with E-state index in [0.29, 0.717) is 17.1 Å². The topological polar surface area (TPSA) is 125 Å². The highest BCUT2D eigenvalue weighted by molar-refractivity contribution is 7.87. The average Bonchev–Trinajstić information content (AvgIpc) is 3.07. The number of nitrogens with zero attached hydrogens (tertiary/aromatic N) is 1. The Bertz CT molecular complexity index is 911. The maximum Gasteiger partial charge on any atom is 0.303 e. The molecule has 0 bridgehead atoms. The first-order valence-electron chi connectivity index (χ1n) is 7.09. The maximum atomic E-state index is 12.2. The van der Waals surface area contributed by atoms with Crippen LogP contribution in [0.1, 0.15) is 11.7 Å². The Labute approximate surface area is 142 Å². The first kappa shape index (κ1) is 17.1. The molecular formula is C15H13NO8S. The number of nitro benzene ring substituents is 1. The van der Waals surface area contributed by atoms with Crippen molar-refractivity contribution in [2.45, 2.75) is 11.0 Å². The second-order valence-corrected chi connectivity index (χ2v) is 6.68. The quantitative estimate of drug-likeness (QED) is 0.465. The lowest BCUT2D eigenvalue weighted by Crippen LogP contribution is -2.14. The van der Waals surface area contributed by atoms with E-state index in [4.69, 9.17) is 13.7 Å². The number of nitro groups is 1. The lowest BCUT2D eigenvalue weighted by Gasteiger charge is -2.12. The third-order valence-corrected chi connectivity index (χ3v) is 4.82. The summed E-state index contributed by atoms with van der Waals surface area (Å²) in [5.41, 5.74) is -0.234. The van der Waals surface area contributed by atoms with Gasteiger partial charge in [0.2, 0.25) is 6.79 Å². The summed E-state index contributed by atoms with van der Waals surface area (Å²) >= 11 is 0. The minimum Gasteiger partial charge on any atom is -0.454 e. The number of fused-ring (bicyclic) bond motifs is 1. The second kappa shape index (κ2) is 6.67. The van der Waals surface area contributed by atoms with Gasteiger partial charge in [0.15, 0.2) is 16.4 Å². The highest BCUT2D eigenvalue weighted by Crippen LogP contribution is 2.34. The van der Waals surface area contributed by atoms with Crippen LogP contribution in [0.25, 0.3) is 0 Å². The van der Waals surface area contributed by atoms with Crippen molar-refractivity contribution in [1.82, 2.24) is 0 Å². The Balaban J connectivity index is 1.75. The molecule has 1 heterocycles. The maximum absolute atomic E-state index is 12.2. The molecule has 0 amide bonds. The van der Waals surface area contributed by atoms with Crippen molar-refractivity contribution in [3.05, 3.63) is 58.1 Å². The molecule has 25 heavy (non-hydrogen) atoms. The van der Waals surface area contributed by atoms with Crippen LogP contribution in [0.5, 0.6) is 11.5 Å². The number of rotatable bonds is 6. The van der Waals surface area contributed by atoms with Gasteiger partial charge < -0.3 is 14.6 Å². The van der Waals surface area contributed by atoms with Crippen molar-refractivity contribution in [2.24, 2.45) is 0 Å². The van der Waals surface area contributed by atoms with Crippen LogP contribution in [0.15, 0.2) is 47.4 Å². The van der Waals surface area contributed by atoms with Gasteiger partial charge in [0.05, 0.1) is 11.5 Å². The van der Waals surface area contributed by atoms with Gasteiger partial charge in [-0.25, -0.2) is 0 Å². The summed E-state index contributed by atoms with van der Waals surface area (Å²) < 4.78 is 39.5. The van der Waals surface area contributed by atoms with Crippen molar-refractivity contribution < 1.29 is 32.1 Å². The molecule has 0 aliphatic carbocycles. The molecule has 9 nitrogen and oxygen atoms in total. The van der Waals surface area contributed by atoms with Gasteiger partial charge in [0.25, 0.3) is 5.69 Å². The lowest BCUT2D eigenvalue weighted by molar-refractivity contribution is -0.387. The molecule has 132 valence electrons. The third-order valence-electron chi connectivity index (χ3n) is 3.49. The van der Waals surface area contributed by atoms with Crippen LogP contribution in [0.4, 0.5) is 5.69 Å². The van der Waals surface area contributed by atoms with E-state index in [1.165, 1.54) is 18.2 Å². The molecule has 3 rings (SSSR count). The Morgan fingerprint density at radius 3 is 2.68 bits per heavy atom. The molecule has 0 fully saturated rings. The van der Waals surface area contributed by atoms with Crippen LogP contribution in [-0.4, -0.2) is 31.8 Å². The molecular weight excluding hydrogens is 354 g/mol. The van der Waals surface area contributed by atoms with Crippen molar-refractivity contribution in [1.29, 1.82) is 0 Å². The van der Waals surface area contributed by atoms with E-state index in [9.17, 15) is 23.6 Å². The summed E-state index contributed by atoms with van der Waals surface area (Å²) in [6.45, 7) is -0.536. The molecule has 2 aromatic rings. The molecule has 0 radical (unpaired) electrons. The van der Waals surface area contributed by atoms with Gasteiger partial charge in [-0.2, -0.15) is 8.42 Å². The van der Waals surface area contributed by atoms with Gasteiger partial charge in [0.1, 0.15) is 6.10 Å². The van der Waals surface area contributed by atoms with E-state index in [-0.39, 0.29) is 6.79 Å². The number of para-hydroxylation sites is 1. The summed E-state index contributed by atoms with van der Waals surface area (Å²) in [6.07, 6.45) is -1.27. The van der Waals surface area contributed by atoms with Gasteiger partial charge in [-0.1, -0.05) is 18.2 Å². The van der Waals surface area contributed by atoms with Gasteiger partial charge in [0, 0.05) is 6.07 Å². The number of benzene rings is 2. The largest absolute Gasteiger partial charge is 0.454 e. The molecule has 0 spiro atoms. The second-order valence-electron chi connectivity index (χ2n) is 5.09. The Kier molecular flexibility index (Phi) is 4.57. The number of aliphatic hydroxyl groups excluding tert-OH is 1. The first-order valence-corrected chi connectivity index (χ1v) is 8.50. The smallest absolute Gasteiger partial charge is 0.303 e. The fourth-order valence-electron chi connectivity index (χ4n) is 2.25. The fraction of sp³-hybridized carbons (Fsp3) is 0.200. The minimum absolute atomic E-state index is 0.0669. The van der Waals surface area contributed by atoms with Crippen molar-refractivity contribution in [3.8, 4) is 11.5 Å². The molecule has 0 saturated heterocycles. The normalized spacial score (nSPS) is 14.3. The predicted molar refractivity (Wildman–Crippen MR) is 83.8 cm³/mol. The van der Waals surface area contributed by atoms with Crippen LogP contribution in [0.3, 0.4) is 0 Å². The van der Waals surface area contributed by atoms with Crippen LogP contribution in [0, 0.1) is 10.1 Å². The molecule has 1 unspecified atom stereocenters. The first-order chi connectivity index (χ1) is 11.9. The predicted octanol–water partition coefficient (Wildman–Crippen LogP) is 1.76. The zero-order chi connectivity index (χ0) is 18.0. The zero-order valence-corrected chi connectivity index (χ0v) is 13.5. The SMILES string of the molecule is O=[N+]([O-])c1ccccc1S(=O)(=O)OCC(O)c1ccc2c(c1)OCO2. The number of hydrogen-bond donors (Lipinski definition) is 1. The Hall–Kier alpha value is -2.69. The molecule has 0 saturated carbocycles. The van der Waals surface area contributed by atoms with Crippen molar-refractivity contribution in [3.63, 3.8) is 0 Å². The van der Waals surface area contributed by atoms with E-state index >= 15 is 0 Å². The molecule has 2 aromatic carbocycles. The van der Waals surface area contributed by atoms with E-state index in [1.54, 1.807) is 12.1 Å². The summed E-state index contributed by atoms with van der Waals surface area (Å²) in [4.78, 5) is 9.56. The monoisotopic (exact) mass is 367 g/mol. The summed E-state index contributed by atoms with van der Waals surface area (Å²) in [7, 11) is -4.41. The van der Waals surface area contributed by atoms with Crippen molar-refractivity contribution >= 4 is 15.8 Å². The Morgan fingerprint density at radius 1 is 1.20 bits per heavy atom. The molecule has 1 N–H and O–H groups in total. The molecule has 1 aliphatic rings. The van der Waals surface area contributed by atoms with E-state index in [1.807, 2.05) is 0 Å². The fourth-order valence-corrected chi connectivity index (χ4v) is 3.33. The number of ether oxygens (including phenoxy) is 2. The minimum atomic E-state index is -4.41. The molecule has 0 aromatic heterocycles. The third kappa shape index (κ3) is 3.55. The Morgan fingerprint density at radius 2 is 1.92 bits per heavy atom. The van der Waals surface area contributed by atoms with Gasteiger partial charge in [-0.05, 0) is 23.8 Å². The van der Waals surface area contributed by atoms with E-state index < -0.39 is 38.3 Å². The number of hydrogen-bond acceptors (Lipinski definition) is 8. The number of aliphatic hydroxyl groups is 1. The molecule has 1 aliphatic heterocycles. The van der Waals surface area contributed by atoms with E-state index in [2.05, 4.69) is 0 Å². The highest BCUT2D eigenvalue weighted by atomic mass is 32.2. The van der Waals surface area contributed by atoms with E-state index in [0.717, 1.165) is 12.1 Å². The van der Waals surface area contributed by atoms with Crippen molar-refractivity contribution in [2.75, 3.05) is 13.4 Å². The van der Waals surface area contributed by atoms with Crippen LogP contribution < -0.4 is 9.47 Å². The summed E-state index contributed by atoms with van der Waals surface area (Å²) in [5, 5.41) is 21.1. The van der Waals surface area contributed by atoms with Gasteiger partial charge >= 0.3 is 10.1 Å². The average molecular weight is 367 g/mol. The standard InChI is InChI=1S/C15H13NO8S/c17-12(10-5-6-13-14(7-10)23-9-22-13)8-24-25(20,21)15-4-2-1-3-11(15)16(18)19/h1-7,12,17H,8-9H2. The summed E-state index contributed by atoms with van der Waals surface area (Å²) in [6, 6.07) is 9.45. The van der Waals surface area contributed by atoms with Crippen LogP contribution in [-0.2, 0) is 14.3 Å². The zero-order valence-electron chi connectivity index (χ0n) is 12.7. The molecule has 10 heteroatoms. The lowest BCUT2D eigenvalue weighted by atomic mass is 10.1. The van der Waals surface area contributed by atoms with Gasteiger partial charge in [-0.15, -0.1) is 0 Å². The van der Waals surface area contributed by atoms with Crippen LogP contribution >= 0.6 is 0 Å². The highest BCUT2D eigenvalue weighted by Gasteiger charge is 2.27. The molecule has 1 atom stereocenters.